The van der Waals surface area contributed by atoms with Gasteiger partial charge in [-0.15, -0.1) is 11.3 Å². The number of aromatic nitrogens is 1. The summed E-state index contributed by atoms with van der Waals surface area (Å²) in [5.41, 5.74) is 10.8. The summed E-state index contributed by atoms with van der Waals surface area (Å²) in [7, 11) is 1.67. The number of hydrogen-bond donors (Lipinski definition) is 2. The molecule has 3 aromatic rings. The van der Waals surface area contributed by atoms with E-state index in [0.717, 1.165) is 43.6 Å². The van der Waals surface area contributed by atoms with Crippen molar-refractivity contribution in [3.63, 3.8) is 0 Å². The van der Waals surface area contributed by atoms with Crippen LogP contribution in [0.2, 0.25) is 0 Å². The average Bonchev–Trinajstić information content (AvgIpc) is 2.80. The minimum absolute atomic E-state index is 0.723. The van der Waals surface area contributed by atoms with Crippen LogP contribution in [0.4, 0.5) is 17.1 Å². The monoisotopic (exact) mass is 299 g/mol. The Morgan fingerprint density at radius 1 is 1.14 bits per heavy atom. The number of nitrogen functional groups attached to an aromatic ring is 1. The quantitative estimate of drug-likeness (QED) is 0.710. The molecule has 0 bridgehead atoms. The SMILES string of the molecule is COc1ccc(Nc2cc3nc(C)sc3cc2N)c(C)c1. The molecule has 0 aliphatic carbocycles. The highest BCUT2D eigenvalue weighted by atomic mass is 32.1. The third kappa shape index (κ3) is 2.64. The number of nitrogens with one attached hydrogen (secondary N) is 1. The van der Waals surface area contributed by atoms with Gasteiger partial charge in [-0.05, 0) is 49.7 Å². The van der Waals surface area contributed by atoms with E-state index in [4.69, 9.17) is 10.5 Å². The van der Waals surface area contributed by atoms with E-state index in [1.54, 1.807) is 18.4 Å². The number of ether oxygens (including phenoxy) is 1. The molecule has 0 fully saturated rings. The number of fused-ring (bicyclic) bond motifs is 1. The van der Waals surface area contributed by atoms with Gasteiger partial charge in [-0.2, -0.15) is 0 Å². The summed E-state index contributed by atoms with van der Waals surface area (Å²) < 4.78 is 6.34. The van der Waals surface area contributed by atoms with Gasteiger partial charge in [0.15, 0.2) is 0 Å². The summed E-state index contributed by atoms with van der Waals surface area (Å²) >= 11 is 1.65. The van der Waals surface area contributed by atoms with Crippen LogP contribution in [0.1, 0.15) is 10.6 Å². The fourth-order valence-corrected chi connectivity index (χ4v) is 3.12. The molecule has 0 amide bonds. The molecule has 3 rings (SSSR count). The molecule has 21 heavy (non-hydrogen) atoms. The Bertz CT molecular complexity index is 811. The highest BCUT2D eigenvalue weighted by molar-refractivity contribution is 7.18. The molecule has 108 valence electrons. The van der Waals surface area contributed by atoms with Crippen molar-refractivity contribution in [1.29, 1.82) is 0 Å². The number of aryl methyl sites for hydroxylation is 2. The van der Waals surface area contributed by atoms with Gasteiger partial charge in [0.2, 0.25) is 0 Å². The van der Waals surface area contributed by atoms with E-state index >= 15 is 0 Å². The zero-order valence-corrected chi connectivity index (χ0v) is 13.0. The molecule has 1 aromatic heterocycles. The van der Waals surface area contributed by atoms with Crippen LogP contribution in [0.3, 0.4) is 0 Å². The molecule has 0 atom stereocenters. The van der Waals surface area contributed by atoms with Crippen molar-refractivity contribution >= 4 is 38.6 Å². The minimum atomic E-state index is 0.723. The zero-order valence-electron chi connectivity index (χ0n) is 12.2. The van der Waals surface area contributed by atoms with Crippen molar-refractivity contribution in [1.82, 2.24) is 4.98 Å². The second kappa shape index (κ2) is 5.26. The number of rotatable bonds is 3. The van der Waals surface area contributed by atoms with Crippen molar-refractivity contribution in [2.24, 2.45) is 0 Å². The van der Waals surface area contributed by atoms with E-state index < -0.39 is 0 Å². The summed E-state index contributed by atoms with van der Waals surface area (Å²) in [4.78, 5) is 4.51. The minimum Gasteiger partial charge on any atom is -0.497 e. The van der Waals surface area contributed by atoms with E-state index in [-0.39, 0.29) is 0 Å². The molecule has 0 saturated carbocycles. The van der Waals surface area contributed by atoms with Crippen LogP contribution >= 0.6 is 11.3 Å². The van der Waals surface area contributed by atoms with Crippen LogP contribution in [0.5, 0.6) is 5.75 Å². The lowest BCUT2D eigenvalue weighted by molar-refractivity contribution is 0.414. The molecule has 0 aliphatic rings. The first kappa shape index (κ1) is 13.7. The Morgan fingerprint density at radius 3 is 2.67 bits per heavy atom. The van der Waals surface area contributed by atoms with Gasteiger partial charge in [0.05, 0.1) is 33.7 Å². The second-order valence-electron chi connectivity index (χ2n) is 4.95. The Hall–Kier alpha value is -2.27. The van der Waals surface area contributed by atoms with Gasteiger partial charge in [0.1, 0.15) is 5.75 Å². The third-order valence-electron chi connectivity index (χ3n) is 3.37. The summed E-state index contributed by atoms with van der Waals surface area (Å²) in [6.07, 6.45) is 0. The molecule has 0 radical (unpaired) electrons. The van der Waals surface area contributed by atoms with Gasteiger partial charge < -0.3 is 15.8 Å². The summed E-state index contributed by atoms with van der Waals surface area (Å²) in [5, 5.41) is 4.42. The Kier molecular flexibility index (Phi) is 3.43. The van der Waals surface area contributed by atoms with Crippen molar-refractivity contribution in [3.05, 3.63) is 40.9 Å². The molecule has 5 heteroatoms. The molecular weight excluding hydrogens is 282 g/mol. The van der Waals surface area contributed by atoms with Crippen LogP contribution in [0, 0.1) is 13.8 Å². The Morgan fingerprint density at radius 2 is 1.95 bits per heavy atom. The van der Waals surface area contributed by atoms with Crippen LogP contribution < -0.4 is 15.8 Å². The van der Waals surface area contributed by atoms with Gasteiger partial charge in [-0.3, -0.25) is 0 Å². The molecule has 0 aliphatic heterocycles. The predicted octanol–water partition coefficient (Wildman–Crippen LogP) is 4.25. The number of nitrogens with two attached hydrogens (primary N) is 1. The van der Waals surface area contributed by atoms with Gasteiger partial charge in [-0.25, -0.2) is 4.98 Å². The molecule has 0 spiro atoms. The molecule has 0 saturated heterocycles. The highest BCUT2D eigenvalue weighted by Crippen LogP contribution is 2.33. The molecule has 2 aromatic carbocycles. The number of benzene rings is 2. The number of nitrogens with zero attached hydrogens (tertiary/aromatic N) is 1. The van der Waals surface area contributed by atoms with Crippen molar-refractivity contribution in [2.75, 3.05) is 18.2 Å². The van der Waals surface area contributed by atoms with Crippen LogP contribution in [-0.4, -0.2) is 12.1 Å². The Balaban J connectivity index is 1.99. The maximum Gasteiger partial charge on any atom is 0.119 e. The van der Waals surface area contributed by atoms with Gasteiger partial charge in [0.25, 0.3) is 0 Å². The maximum atomic E-state index is 6.14. The summed E-state index contributed by atoms with van der Waals surface area (Å²) in [5.74, 6) is 0.844. The maximum absolute atomic E-state index is 6.14. The fraction of sp³-hybridized carbons (Fsp3) is 0.188. The topological polar surface area (TPSA) is 60.2 Å². The standard InChI is InChI=1S/C16H17N3OS/c1-9-6-11(20-3)4-5-13(9)19-14-8-15-16(7-12(14)17)21-10(2)18-15/h4-8,19H,17H2,1-3H3. The van der Waals surface area contributed by atoms with E-state index in [1.165, 1.54) is 0 Å². The number of hydrogen-bond acceptors (Lipinski definition) is 5. The van der Waals surface area contributed by atoms with Gasteiger partial charge >= 0.3 is 0 Å². The lowest BCUT2D eigenvalue weighted by Gasteiger charge is -2.12. The highest BCUT2D eigenvalue weighted by Gasteiger charge is 2.08. The first-order valence-electron chi connectivity index (χ1n) is 6.65. The normalized spacial score (nSPS) is 10.8. The first-order valence-corrected chi connectivity index (χ1v) is 7.47. The number of methoxy groups -OCH3 is 1. The van der Waals surface area contributed by atoms with Crippen molar-refractivity contribution in [3.8, 4) is 5.75 Å². The first-order chi connectivity index (χ1) is 10.1. The molecule has 3 N–H and O–H groups in total. The lowest BCUT2D eigenvalue weighted by Crippen LogP contribution is -1.98. The fourth-order valence-electron chi connectivity index (χ4n) is 2.26. The van der Waals surface area contributed by atoms with Crippen molar-refractivity contribution in [2.45, 2.75) is 13.8 Å². The van der Waals surface area contributed by atoms with Crippen molar-refractivity contribution < 1.29 is 4.74 Å². The zero-order chi connectivity index (χ0) is 15.0. The third-order valence-corrected chi connectivity index (χ3v) is 4.30. The smallest absolute Gasteiger partial charge is 0.119 e. The molecule has 1 heterocycles. The van der Waals surface area contributed by atoms with Crippen LogP contribution in [-0.2, 0) is 0 Å². The van der Waals surface area contributed by atoms with E-state index in [9.17, 15) is 0 Å². The molecule has 4 nitrogen and oxygen atoms in total. The van der Waals surface area contributed by atoms with Gasteiger partial charge in [0, 0.05) is 5.69 Å². The summed E-state index contributed by atoms with van der Waals surface area (Å²) in [6, 6.07) is 9.88. The summed E-state index contributed by atoms with van der Waals surface area (Å²) in [6.45, 7) is 4.04. The number of anilines is 3. The van der Waals surface area contributed by atoms with Crippen LogP contribution in [0.15, 0.2) is 30.3 Å². The molecular formula is C16H17N3OS. The van der Waals surface area contributed by atoms with Gasteiger partial charge in [-0.1, -0.05) is 0 Å². The average molecular weight is 299 g/mol. The molecule has 0 unspecified atom stereocenters. The second-order valence-corrected chi connectivity index (χ2v) is 6.18. The van der Waals surface area contributed by atoms with E-state index in [1.807, 2.05) is 44.2 Å². The van der Waals surface area contributed by atoms with Crippen LogP contribution in [0.25, 0.3) is 10.2 Å². The largest absolute Gasteiger partial charge is 0.497 e. The number of thiazole rings is 1. The lowest BCUT2D eigenvalue weighted by atomic mass is 10.1. The predicted molar refractivity (Wildman–Crippen MR) is 89.8 cm³/mol. The Labute approximate surface area is 127 Å². The van der Waals surface area contributed by atoms with E-state index in [0.29, 0.717) is 0 Å². The van der Waals surface area contributed by atoms with E-state index in [2.05, 4.69) is 10.3 Å².